The summed E-state index contributed by atoms with van der Waals surface area (Å²) < 4.78 is 39.7. The summed E-state index contributed by atoms with van der Waals surface area (Å²) in [6.45, 7) is -0.346. The highest BCUT2D eigenvalue weighted by molar-refractivity contribution is 5.85. The molecule has 0 saturated carbocycles. The largest absolute Gasteiger partial charge is 0.422 e. The van der Waals surface area contributed by atoms with E-state index in [1.165, 1.54) is 24.3 Å². The lowest BCUT2D eigenvalue weighted by Gasteiger charge is -2.31. The Labute approximate surface area is 133 Å². The summed E-state index contributed by atoms with van der Waals surface area (Å²) in [5, 5.41) is 12.8. The molecule has 0 aromatic heterocycles. The van der Waals surface area contributed by atoms with Gasteiger partial charge < -0.3 is 10.4 Å². The van der Waals surface area contributed by atoms with Gasteiger partial charge in [-0.15, -0.1) is 12.4 Å². The van der Waals surface area contributed by atoms with Crippen molar-refractivity contribution in [3.8, 4) is 0 Å². The van der Waals surface area contributed by atoms with Crippen molar-refractivity contribution in [1.82, 2.24) is 5.32 Å². The SMILES string of the molecule is Cl.O[C@@](CNCc1ccccc1)(c1ccccc1)C(F)(F)F. The molecule has 2 nitrogen and oxygen atoms in total. The van der Waals surface area contributed by atoms with E-state index in [9.17, 15) is 18.3 Å². The molecular formula is C16H17ClF3NO. The molecule has 6 heteroatoms. The predicted molar refractivity (Wildman–Crippen MR) is 81.8 cm³/mol. The number of hydrogen-bond acceptors (Lipinski definition) is 2. The quantitative estimate of drug-likeness (QED) is 0.876. The average Bonchev–Trinajstić information content (AvgIpc) is 2.48. The van der Waals surface area contributed by atoms with E-state index >= 15 is 0 Å². The first kappa shape index (κ1) is 18.5. The van der Waals surface area contributed by atoms with Crippen LogP contribution in [0.5, 0.6) is 0 Å². The molecule has 0 fully saturated rings. The van der Waals surface area contributed by atoms with Crippen molar-refractivity contribution >= 4 is 12.4 Å². The maximum atomic E-state index is 13.2. The van der Waals surface area contributed by atoms with Gasteiger partial charge in [0.15, 0.2) is 5.60 Å². The molecule has 22 heavy (non-hydrogen) atoms. The summed E-state index contributed by atoms with van der Waals surface area (Å²) in [5.74, 6) is 0. The topological polar surface area (TPSA) is 32.3 Å². The maximum Gasteiger partial charge on any atom is 0.422 e. The molecule has 2 rings (SSSR count). The van der Waals surface area contributed by atoms with Crippen LogP contribution in [0.4, 0.5) is 13.2 Å². The number of hydrogen-bond donors (Lipinski definition) is 2. The fraction of sp³-hybridized carbons (Fsp3) is 0.250. The third-order valence-corrected chi connectivity index (χ3v) is 3.27. The molecule has 0 unspecified atom stereocenters. The number of nitrogens with one attached hydrogen (secondary N) is 1. The number of benzene rings is 2. The van der Waals surface area contributed by atoms with Crippen molar-refractivity contribution in [1.29, 1.82) is 0 Å². The third kappa shape index (κ3) is 4.22. The van der Waals surface area contributed by atoms with Crippen LogP contribution in [0.2, 0.25) is 0 Å². The first-order chi connectivity index (χ1) is 9.93. The normalized spacial score (nSPS) is 14.0. The molecule has 2 N–H and O–H groups in total. The fourth-order valence-electron chi connectivity index (χ4n) is 2.06. The van der Waals surface area contributed by atoms with E-state index in [1.807, 2.05) is 30.3 Å². The molecule has 0 amide bonds. The van der Waals surface area contributed by atoms with Gasteiger partial charge in [0.2, 0.25) is 0 Å². The van der Waals surface area contributed by atoms with Gasteiger partial charge >= 0.3 is 6.18 Å². The Balaban J connectivity index is 0.00000242. The second kappa shape index (κ2) is 7.63. The first-order valence-electron chi connectivity index (χ1n) is 6.53. The zero-order chi connectivity index (χ0) is 15.3. The molecule has 0 heterocycles. The van der Waals surface area contributed by atoms with Gasteiger partial charge in [0.05, 0.1) is 0 Å². The van der Waals surface area contributed by atoms with E-state index in [0.29, 0.717) is 0 Å². The van der Waals surface area contributed by atoms with Crippen LogP contribution in [0, 0.1) is 0 Å². The van der Waals surface area contributed by atoms with E-state index in [-0.39, 0.29) is 24.5 Å². The lowest BCUT2D eigenvalue weighted by Crippen LogP contribution is -2.49. The van der Waals surface area contributed by atoms with E-state index in [4.69, 9.17) is 0 Å². The average molecular weight is 332 g/mol. The molecule has 0 aliphatic rings. The molecular weight excluding hydrogens is 315 g/mol. The van der Waals surface area contributed by atoms with Crippen LogP contribution in [-0.2, 0) is 12.1 Å². The molecule has 2 aromatic rings. The van der Waals surface area contributed by atoms with Crippen LogP contribution in [0.3, 0.4) is 0 Å². The zero-order valence-corrected chi connectivity index (χ0v) is 12.5. The standard InChI is InChI=1S/C16H16F3NO.ClH/c17-16(18,19)15(21,14-9-5-2-6-10-14)12-20-11-13-7-3-1-4-8-13;/h1-10,20-21H,11-12H2;1H/t15-;/m0./s1. The Morgan fingerprint density at radius 1 is 0.864 bits per heavy atom. The summed E-state index contributed by atoms with van der Waals surface area (Å²) >= 11 is 0. The van der Waals surface area contributed by atoms with Crippen LogP contribution in [0.25, 0.3) is 0 Å². The van der Waals surface area contributed by atoms with Crippen molar-refractivity contribution in [2.24, 2.45) is 0 Å². The minimum atomic E-state index is -4.75. The minimum absolute atomic E-state index is 0. The van der Waals surface area contributed by atoms with Crippen molar-refractivity contribution < 1.29 is 18.3 Å². The molecule has 0 aliphatic carbocycles. The number of alkyl halides is 3. The Bertz CT molecular complexity index is 563. The fourth-order valence-corrected chi connectivity index (χ4v) is 2.06. The Morgan fingerprint density at radius 3 is 1.86 bits per heavy atom. The summed E-state index contributed by atoms with van der Waals surface area (Å²) in [7, 11) is 0. The van der Waals surface area contributed by atoms with E-state index in [2.05, 4.69) is 5.32 Å². The van der Waals surface area contributed by atoms with Crippen LogP contribution in [0.1, 0.15) is 11.1 Å². The van der Waals surface area contributed by atoms with Crippen molar-refractivity contribution in [2.75, 3.05) is 6.54 Å². The molecule has 2 aromatic carbocycles. The van der Waals surface area contributed by atoms with Gasteiger partial charge in [-0.1, -0.05) is 60.7 Å². The Hall–Kier alpha value is -1.56. The summed E-state index contributed by atoms with van der Waals surface area (Å²) in [6, 6.07) is 16.2. The van der Waals surface area contributed by atoms with E-state index < -0.39 is 18.3 Å². The third-order valence-electron chi connectivity index (χ3n) is 3.27. The van der Waals surface area contributed by atoms with Gasteiger partial charge in [-0.25, -0.2) is 0 Å². The lowest BCUT2D eigenvalue weighted by molar-refractivity contribution is -0.264. The number of aliphatic hydroxyl groups is 1. The first-order valence-corrected chi connectivity index (χ1v) is 6.53. The van der Waals surface area contributed by atoms with Gasteiger partial charge in [0, 0.05) is 13.1 Å². The van der Waals surface area contributed by atoms with Crippen LogP contribution < -0.4 is 5.32 Å². The Kier molecular flexibility index (Phi) is 6.41. The van der Waals surface area contributed by atoms with Crippen molar-refractivity contribution in [2.45, 2.75) is 18.3 Å². The number of rotatable bonds is 5. The molecule has 1 atom stereocenters. The summed E-state index contributed by atoms with van der Waals surface area (Å²) in [5.41, 5.74) is -2.21. The van der Waals surface area contributed by atoms with Crippen molar-refractivity contribution in [3.05, 3.63) is 71.8 Å². The number of halogens is 4. The second-order valence-electron chi connectivity index (χ2n) is 4.81. The summed E-state index contributed by atoms with van der Waals surface area (Å²) in [4.78, 5) is 0. The highest BCUT2D eigenvalue weighted by Crippen LogP contribution is 2.38. The molecule has 120 valence electrons. The molecule has 0 spiro atoms. The van der Waals surface area contributed by atoms with E-state index in [1.54, 1.807) is 6.07 Å². The van der Waals surface area contributed by atoms with Crippen LogP contribution in [-0.4, -0.2) is 17.8 Å². The molecule has 0 radical (unpaired) electrons. The molecule has 0 bridgehead atoms. The van der Waals surface area contributed by atoms with Gasteiger partial charge in [0.25, 0.3) is 0 Å². The highest BCUT2D eigenvalue weighted by atomic mass is 35.5. The lowest BCUT2D eigenvalue weighted by atomic mass is 9.93. The predicted octanol–water partition coefficient (Wildman–Crippen LogP) is 3.65. The monoisotopic (exact) mass is 331 g/mol. The second-order valence-corrected chi connectivity index (χ2v) is 4.81. The molecule has 0 aliphatic heterocycles. The van der Waals surface area contributed by atoms with Crippen molar-refractivity contribution in [3.63, 3.8) is 0 Å². The van der Waals surface area contributed by atoms with Gasteiger partial charge in [-0.3, -0.25) is 0 Å². The van der Waals surface area contributed by atoms with Crippen LogP contribution >= 0.6 is 12.4 Å². The van der Waals surface area contributed by atoms with Gasteiger partial charge in [-0.2, -0.15) is 13.2 Å². The highest BCUT2D eigenvalue weighted by Gasteiger charge is 2.54. The molecule has 0 saturated heterocycles. The van der Waals surface area contributed by atoms with Gasteiger partial charge in [0.1, 0.15) is 0 Å². The Morgan fingerprint density at radius 2 is 1.36 bits per heavy atom. The zero-order valence-electron chi connectivity index (χ0n) is 11.7. The van der Waals surface area contributed by atoms with E-state index in [0.717, 1.165) is 5.56 Å². The van der Waals surface area contributed by atoms with Gasteiger partial charge in [-0.05, 0) is 11.1 Å². The smallest absolute Gasteiger partial charge is 0.375 e. The van der Waals surface area contributed by atoms with Crippen LogP contribution in [0.15, 0.2) is 60.7 Å². The minimum Gasteiger partial charge on any atom is -0.375 e. The summed E-state index contributed by atoms with van der Waals surface area (Å²) in [6.07, 6.45) is -4.75. The maximum absolute atomic E-state index is 13.2.